The number of carbonyl (C=O) groups excluding carboxylic acids is 2. The van der Waals surface area contributed by atoms with Crippen molar-refractivity contribution in [3.05, 3.63) is 59.7 Å². The Morgan fingerprint density at radius 3 is 2.18 bits per heavy atom. The van der Waals surface area contributed by atoms with E-state index in [9.17, 15) is 19.5 Å². The van der Waals surface area contributed by atoms with E-state index in [0.717, 1.165) is 22.3 Å². The number of nitrogens with one attached hydrogen (secondary N) is 1. The molecule has 7 nitrogen and oxygen atoms in total. The molecular formula is C27H32N2O5. The monoisotopic (exact) mass is 464 g/mol. The Morgan fingerprint density at radius 2 is 1.65 bits per heavy atom. The van der Waals surface area contributed by atoms with Crippen LogP contribution in [0.5, 0.6) is 0 Å². The van der Waals surface area contributed by atoms with Crippen LogP contribution in [-0.2, 0) is 14.3 Å². The van der Waals surface area contributed by atoms with Gasteiger partial charge in [-0.1, -0.05) is 75.7 Å². The Kier molecular flexibility index (Phi) is 6.91. The summed E-state index contributed by atoms with van der Waals surface area (Å²) in [4.78, 5) is 39.1. The van der Waals surface area contributed by atoms with Crippen molar-refractivity contribution in [2.75, 3.05) is 19.7 Å². The number of carbonyl (C=O) groups is 3. The standard InChI is InChI=1S/C27H32N2O5/c1-4-16(2)24(25(30)29-13-17(3)22(14-29)26(31)32)28-27(33)34-15-23-20-11-7-5-9-18(20)19-10-6-8-12-21(19)23/h5-12,16-17,22-24H,4,13-15H2,1-3H3,(H,28,33)(H,31,32)/t16-,17-,22-,24-/m0/s1. The molecule has 2 N–H and O–H groups in total. The maximum Gasteiger partial charge on any atom is 0.407 e. The van der Waals surface area contributed by atoms with Crippen LogP contribution in [0.25, 0.3) is 11.1 Å². The van der Waals surface area contributed by atoms with Gasteiger partial charge in [0.2, 0.25) is 5.91 Å². The molecular weight excluding hydrogens is 432 g/mol. The average Bonchev–Trinajstić information content (AvgIpc) is 3.38. The first-order valence-corrected chi connectivity index (χ1v) is 11.9. The maximum atomic E-state index is 13.2. The molecule has 1 heterocycles. The van der Waals surface area contributed by atoms with Gasteiger partial charge in [-0.05, 0) is 34.1 Å². The fourth-order valence-electron chi connectivity index (χ4n) is 5.12. The highest BCUT2D eigenvalue weighted by Crippen LogP contribution is 2.44. The van der Waals surface area contributed by atoms with Gasteiger partial charge in [0, 0.05) is 19.0 Å². The number of aliphatic carboxylic acids is 1. The summed E-state index contributed by atoms with van der Waals surface area (Å²) < 4.78 is 5.64. The Bertz CT molecular complexity index is 1040. The zero-order chi connectivity index (χ0) is 24.4. The number of ether oxygens (including phenoxy) is 1. The van der Waals surface area contributed by atoms with Crippen molar-refractivity contribution in [3.8, 4) is 11.1 Å². The normalized spacial score (nSPS) is 20.9. The van der Waals surface area contributed by atoms with Crippen molar-refractivity contribution in [1.82, 2.24) is 10.2 Å². The number of carboxylic acids is 1. The third kappa shape index (κ3) is 4.52. The van der Waals surface area contributed by atoms with Gasteiger partial charge in [-0.2, -0.15) is 0 Å². The first-order valence-electron chi connectivity index (χ1n) is 11.9. The van der Waals surface area contributed by atoms with Gasteiger partial charge in [-0.15, -0.1) is 0 Å². The van der Waals surface area contributed by atoms with E-state index in [1.165, 1.54) is 0 Å². The van der Waals surface area contributed by atoms with Crippen LogP contribution in [-0.4, -0.2) is 53.7 Å². The van der Waals surface area contributed by atoms with Gasteiger partial charge in [0.05, 0.1) is 5.92 Å². The van der Waals surface area contributed by atoms with Gasteiger partial charge in [-0.3, -0.25) is 9.59 Å². The second kappa shape index (κ2) is 9.87. The molecule has 2 amide bonds. The molecule has 4 atom stereocenters. The van der Waals surface area contributed by atoms with Crippen LogP contribution in [0.4, 0.5) is 4.79 Å². The summed E-state index contributed by atoms with van der Waals surface area (Å²) in [6, 6.07) is 15.5. The van der Waals surface area contributed by atoms with Crippen molar-refractivity contribution < 1.29 is 24.2 Å². The molecule has 1 fully saturated rings. The number of likely N-dealkylation sites (tertiary alicyclic amines) is 1. The number of rotatable bonds is 7. The lowest BCUT2D eigenvalue weighted by Crippen LogP contribution is -2.51. The van der Waals surface area contributed by atoms with Gasteiger partial charge >= 0.3 is 12.1 Å². The summed E-state index contributed by atoms with van der Waals surface area (Å²) in [5.74, 6) is -2.05. The van der Waals surface area contributed by atoms with Crippen LogP contribution >= 0.6 is 0 Å². The minimum atomic E-state index is -0.896. The summed E-state index contributed by atoms with van der Waals surface area (Å²) in [7, 11) is 0. The molecule has 4 rings (SSSR count). The Balaban J connectivity index is 1.43. The molecule has 2 aromatic carbocycles. The van der Waals surface area contributed by atoms with Crippen LogP contribution in [0, 0.1) is 17.8 Å². The largest absolute Gasteiger partial charge is 0.481 e. The molecule has 0 spiro atoms. The summed E-state index contributed by atoms with van der Waals surface area (Å²) in [5, 5.41) is 12.2. The van der Waals surface area contributed by atoms with E-state index < -0.39 is 24.0 Å². The average molecular weight is 465 g/mol. The first-order chi connectivity index (χ1) is 16.3. The van der Waals surface area contributed by atoms with Crippen molar-refractivity contribution in [2.45, 2.75) is 39.2 Å². The lowest BCUT2D eigenvalue weighted by Gasteiger charge is -2.28. The van der Waals surface area contributed by atoms with Crippen LogP contribution in [0.3, 0.4) is 0 Å². The van der Waals surface area contributed by atoms with E-state index in [1.807, 2.05) is 45.0 Å². The van der Waals surface area contributed by atoms with E-state index >= 15 is 0 Å². The second-order valence-electron chi connectivity index (χ2n) is 9.50. The van der Waals surface area contributed by atoms with Gasteiger partial charge < -0.3 is 20.1 Å². The molecule has 180 valence electrons. The molecule has 1 aliphatic carbocycles. The van der Waals surface area contributed by atoms with Crippen LogP contribution in [0.1, 0.15) is 44.2 Å². The van der Waals surface area contributed by atoms with E-state index in [1.54, 1.807) is 4.90 Å². The molecule has 0 radical (unpaired) electrons. The molecule has 0 saturated carbocycles. The number of benzene rings is 2. The number of hydrogen-bond acceptors (Lipinski definition) is 4. The molecule has 34 heavy (non-hydrogen) atoms. The van der Waals surface area contributed by atoms with Crippen LogP contribution in [0.15, 0.2) is 48.5 Å². The Labute approximate surface area is 200 Å². The van der Waals surface area contributed by atoms with Crippen molar-refractivity contribution in [1.29, 1.82) is 0 Å². The maximum absolute atomic E-state index is 13.2. The summed E-state index contributed by atoms with van der Waals surface area (Å²) in [6.45, 7) is 6.40. The number of carboxylic acid groups (broad SMARTS) is 1. The highest BCUT2D eigenvalue weighted by atomic mass is 16.5. The number of nitrogens with zero attached hydrogens (tertiary/aromatic N) is 1. The van der Waals surface area contributed by atoms with E-state index in [2.05, 4.69) is 29.6 Å². The first kappa shape index (κ1) is 23.8. The fourth-order valence-corrected chi connectivity index (χ4v) is 5.12. The number of amides is 2. The summed E-state index contributed by atoms with van der Waals surface area (Å²) in [5.41, 5.74) is 4.54. The van der Waals surface area contributed by atoms with Crippen LogP contribution < -0.4 is 5.32 Å². The molecule has 1 saturated heterocycles. The third-order valence-electron chi connectivity index (χ3n) is 7.34. The minimum Gasteiger partial charge on any atom is -0.481 e. The van der Waals surface area contributed by atoms with Crippen LogP contribution in [0.2, 0.25) is 0 Å². The smallest absolute Gasteiger partial charge is 0.407 e. The van der Waals surface area contributed by atoms with Crippen molar-refractivity contribution in [2.24, 2.45) is 17.8 Å². The highest BCUT2D eigenvalue weighted by molar-refractivity contribution is 5.87. The van der Waals surface area contributed by atoms with Crippen molar-refractivity contribution >= 4 is 18.0 Å². The number of fused-ring (bicyclic) bond motifs is 3. The van der Waals surface area contributed by atoms with E-state index in [-0.39, 0.29) is 36.8 Å². The van der Waals surface area contributed by atoms with Crippen molar-refractivity contribution in [3.63, 3.8) is 0 Å². The van der Waals surface area contributed by atoms with E-state index in [4.69, 9.17) is 4.74 Å². The summed E-state index contributed by atoms with van der Waals surface area (Å²) in [6.07, 6.45) is 0.0498. The predicted octanol–water partition coefficient (Wildman–Crippen LogP) is 4.12. The number of alkyl carbamates (subject to hydrolysis) is 1. The molecule has 0 bridgehead atoms. The third-order valence-corrected chi connectivity index (χ3v) is 7.34. The Morgan fingerprint density at radius 1 is 1.06 bits per heavy atom. The predicted molar refractivity (Wildman–Crippen MR) is 128 cm³/mol. The summed E-state index contributed by atoms with van der Waals surface area (Å²) >= 11 is 0. The zero-order valence-corrected chi connectivity index (χ0v) is 19.9. The minimum absolute atomic E-state index is 0.0633. The molecule has 0 aromatic heterocycles. The fraction of sp³-hybridized carbons (Fsp3) is 0.444. The zero-order valence-electron chi connectivity index (χ0n) is 19.9. The molecule has 2 aliphatic rings. The molecule has 1 aliphatic heterocycles. The highest BCUT2D eigenvalue weighted by Gasteiger charge is 2.40. The molecule has 2 aromatic rings. The molecule has 0 unspecified atom stereocenters. The van der Waals surface area contributed by atoms with Gasteiger partial charge in [0.1, 0.15) is 12.6 Å². The lowest BCUT2D eigenvalue weighted by molar-refractivity contribution is -0.142. The topological polar surface area (TPSA) is 95.9 Å². The SMILES string of the molecule is CC[C@H](C)[C@H](NC(=O)OCC1c2ccccc2-c2ccccc21)C(=O)N1C[C@H](C(=O)O)[C@@H](C)C1. The number of hydrogen-bond donors (Lipinski definition) is 2. The second-order valence-corrected chi connectivity index (χ2v) is 9.50. The Hall–Kier alpha value is -3.35. The quantitative estimate of drug-likeness (QED) is 0.643. The van der Waals surface area contributed by atoms with Gasteiger partial charge in [0.25, 0.3) is 0 Å². The molecule has 7 heteroatoms. The van der Waals surface area contributed by atoms with Gasteiger partial charge in [-0.25, -0.2) is 4.79 Å². The lowest BCUT2D eigenvalue weighted by atomic mass is 9.97. The van der Waals surface area contributed by atoms with Gasteiger partial charge in [0.15, 0.2) is 0 Å². The van der Waals surface area contributed by atoms with E-state index in [0.29, 0.717) is 13.0 Å².